The van der Waals surface area contributed by atoms with Crippen LogP contribution >= 0.6 is 0 Å². The molecule has 0 saturated heterocycles. The quantitative estimate of drug-likeness (QED) is 0.331. The Balaban J connectivity index is -0.000000403. The van der Waals surface area contributed by atoms with E-state index in [1.807, 2.05) is 24.3 Å². The van der Waals surface area contributed by atoms with Gasteiger partial charge < -0.3 is 20.2 Å². The molecule has 14 heavy (non-hydrogen) atoms. The standard InChI is InChI=1S/C10H12N.2CH3.Au/c1-2-8-11-9-10-6-4-3-5-7-10;;;/h2-7H,1,8-9H2;2*1H3;/q3*-1;+3. The van der Waals surface area contributed by atoms with Crippen molar-refractivity contribution in [3.05, 3.63) is 68.7 Å². The third-order valence-electron chi connectivity index (χ3n) is 1.40. The maximum atomic E-state index is 4.24. The van der Waals surface area contributed by atoms with Gasteiger partial charge in [0.15, 0.2) is 0 Å². The van der Waals surface area contributed by atoms with Crippen molar-refractivity contribution in [2.45, 2.75) is 6.54 Å². The smallest absolute Gasteiger partial charge is 0.655 e. The van der Waals surface area contributed by atoms with E-state index in [0.29, 0.717) is 0 Å². The van der Waals surface area contributed by atoms with E-state index in [1.54, 1.807) is 0 Å². The molecule has 2 heteroatoms. The molecule has 0 unspecified atom stereocenters. The Morgan fingerprint density at radius 1 is 1.14 bits per heavy atom. The van der Waals surface area contributed by atoms with Crippen LogP contribution in [0.25, 0.3) is 5.32 Å². The molecule has 1 nitrogen and oxygen atoms in total. The summed E-state index contributed by atoms with van der Waals surface area (Å²) in [6.07, 6.45) is 1.81. The SMILES string of the molecule is C=CC[N-]Cc1ccccc1.[Au+3].[CH3-].[CH3-]. The molecule has 0 saturated carbocycles. The van der Waals surface area contributed by atoms with Gasteiger partial charge in [0.25, 0.3) is 0 Å². The molecule has 0 aliphatic carbocycles. The minimum Gasteiger partial charge on any atom is -0.655 e. The van der Waals surface area contributed by atoms with Crippen molar-refractivity contribution in [3.63, 3.8) is 0 Å². The molecule has 0 aliphatic heterocycles. The minimum atomic E-state index is 0. The molecule has 0 fully saturated rings. The molecule has 0 spiro atoms. The monoisotopic (exact) mass is 373 g/mol. The zero-order valence-electron chi connectivity index (χ0n) is 8.83. The summed E-state index contributed by atoms with van der Waals surface area (Å²) in [5.74, 6) is 0. The molecule has 0 amide bonds. The van der Waals surface area contributed by atoms with Crippen LogP contribution in [-0.2, 0) is 28.9 Å². The van der Waals surface area contributed by atoms with Gasteiger partial charge in [-0.05, 0) is 0 Å². The summed E-state index contributed by atoms with van der Waals surface area (Å²) < 4.78 is 0. The Bertz CT molecular complexity index is 209. The summed E-state index contributed by atoms with van der Waals surface area (Å²) in [4.78, 5) is 0. The van der Waals surface area contributed by atoms with Gasteiger partial charge in [-0.25, -0.2) is 0 Å². The number of hydrogen-bond donors (Lipinski definition) is 0. The zero-order chi connectivity index (χ0) is 7.94. The summed E-state index contributed by atoms with van der Waals surface area (Å²) in [6.45, 7) is 5.14. The number of benzene rings is 1. The van der Waals surface area contributed by atoms with Gasteiger partial charge in [0, 0.05) is 0 Å². The van der Waals surface area contributed by atoms with Crippen molar-refractivity contribution in [2.24, 2.45) is 0 Å². The number of rotatable bonds is 4. The molecule has 0 heterocycles. The van der Waals surface area contributed by atoms with E-state index in [-0.39, 0.29) is 37.2 Å². The van der Waals surface area contributed by atoms with Crippen molar-refractivity contribution in [3.8, 4) is 0 Å². The van der Waals surface area contributed by atoms with Crippen molar-refractivity contribution < 1.29 is 22.4 Å². The van der Waals surface area contributed by atoms with E-state index in [0.717, 1.165) is 13.1 Å². The molecule has 0 aromatic heterocycles. The second-order valence-corrected chi connectivity index (χ2v) is 2.34. The molecule has 0 bridgehead atoms. The molecular weight excluding hydrogens is 355 g/mol. The van der Waals surface area contributed by atoms with Crippen LogP contribution in [-0.4, -0.2) is 6.54 Å². The molecule has 82 valence electrons. The van der Waals surface area contributed by atoms with Gasteiger partial charge in [-0.2, -0.15) is 0 Å². The zero-order valence-corrected chi connectivity index (χ0v) is 11.0. The first-order valence-electron chi connectivity index (χ1n) is 3.71. The second-order valence-electron chi connectivity index (χ2n) is 2.34. The summed E-state index contributed by atoms with van der Waals surface area (Å²) in [7, 11) is 0. The van der Waals surface area contributed by atoms with E-state index >= 15 is 0 Å². The van der Waals surface area contributed by atoms with E-state index in [1.165, 1.54) is 5.56 Å². The van der Waals surface area contributed by atoms with Crippen LogP contribution in [0.1, 0.15) is 5.56 Å². The molecule has 1 aromatic rings. The van der Waals surface area contributed by atoms with Crippen LogP contribution < -0.4 is 0 Å². The number of hydrogen-bond acceptors (Lipinski definition) is 0. The first-order chi connectivity index (χ1) is 5.43. The first-order valence-corrected chi connectivity index (χ1v) is 3.71. The van der Waals surface area contributed by atoms with E-state index in [2.05, 4.69) is 24.0 Å². The van der Waals surface area contributed by atoms with E-state index in [9.17, 15) is 0 Å². The predicted molar refractivity (Wildman–Crippen MR) is 61.4 cm³/mol. The largest absolute Gasteiger partial charge is 3.00 e. The fourth-order valence-electron chi connectivity index (χ4n) is 0.868. The van der Waals surface area contributed by atoms with Crippen LogP contribution in [0.2, 0.25) is 0 Å². The molecule has 1 rings (SSSR count). The van der Waals surface area contributed by atoms with E-state index in [4.69, 9.17) is 0 Å². The summed E-state index contributed by atoms with van der Waals surface area (Å²) in [5.41, 5.74) is 1.26. The van der Waals surface area contributed by atoms with Crippen molar-refractivity contribution in [1.82, 2.24) is 0 Å². The molecule has 0 aliphatic rings. The van der Waals surface area contributed by atoms with Crippen LogP contribution in [0.4, 0.5) is 0 Å². The van der Waals surface area contributed by atoms with Gasteiger partial charge >= 0.3 is 22.4 Å². The van der Waals surface area contributed by atoms with Gasteiger partial charge in [0.1, 0.15) is 0 Å². The minimum absolute atomic E-state index is 0. The number of nitrogens with zero attached hydrogens (tertiary/aromatic N) is 1. The molecule has 1 aromatic carbocycles. The summed E-state index contributed by atoms with van der Waals surface area (Å²) >= 11 is 0. The summed E-state index contributed by atoms with van der Waals surface area (Å²) in [5, 5.41) is 4.24. The van der Waals surface area contributed by atoms with Crippen LogP contribution in [0, 0.1) is 14.9 Å². The Kier molecular flexibility index (Phi) is 17.4. The van der Waals surface area contributed by atoms with Crippen molar-refractivity contribution >= 4 is 0 Å². The molecule has 0 atom stereocenters. The molecular formula is C12H18AuN. The van der Waals surface area contributed by atoms with Crippen LogP contribution in [0.5, 0.6) is 0 Å². The Hall–Kier alpha value is -0.340. The second kappa shape index (κ2) is 12.7. The average molecular weight is 373 g/mol. The summed E-state index contributed by atoms with van der Waals surface area (Å²) in [6, 6.07) is 10.2. The topological polar surface area (TPSA) is 14.1 Å². The van der Waals surface area contributed by atoms with Gasteiger partial charge in [0.05, 0.1) is 0 Å². The average Bonchev–Trinajstić information content (AvgIpc) is 2.07. The Labute approximate surface area is 104 Å². The predicted octanol–water partition coefficient (Wildman–Crippen LogP) is 3.64. The third kappa shape index (κ3) is 8.27. The van der Waals surface area contributed by atoms with E-state index < -0.39 is 0 Å². The van der Waals surface area contributed by atoms with Crippen molar-refractivity contribution in [1.29, 1.82) is 0 Å². The maximum absolute atomic E-state index is 4.24. The maximum Gasteiger partial charge on any atom is 3.00 e. The van der Waals surface area contributed by atoms with Gasteiger partial charge in [-0.3, -0.25) is 0 Å². The Morgan fingerprint density at radius 3 is 2.21 bits per heavy atom. The van der Waals surface area contributed by atoms with Gasteiger partial charge in [-0.1, -0.05) is 35.9 Å². The van der Waals surface area contributed by atoms with Crippen LogP contribution in [0.15, 0.2) is 43.0 Å². The third-order valence-corrected chi connectivity index (χ3v) is 1.40. The van der Waals surface area contributed by atoms with Crippen LogP contribution in [0.3, 0.4) is 0 Å². The fraction of sp³-hybridized carbons (Fsp3) is 0.167. The van der Waals surface area contributed by atoms with Gasteiger partial charge in [0.2, 0.25) is 0 Å². The van der Waals surface area contributed by atoms with Gasteiger partial charge in [-0.15, -0.1) is 25.7 Å². The Morgan fingerprint density at radius 2 is 1.71 bits per heavy atom. The molecule has 0 radical (unpaired) electrons. The van der Waals surface area contributed by atoms with Crippen molar-refractivity contribution in [2.75, 3.05) is 6.54 Å². The molecule has 0 N–H and O–H groups in total. The first kappa shape index (κ1) is 19.3. The fourth-order valence-corrected chi connectivity index (χ4v) is 0.868. The normalized spacial score (nSPS) is 7.43.